The predicted octanol–water partition coefficient (Wildman–Crippen LogP) is 4.55. The van der Waals surface area contributed by atoms with Gasteiger partial charge in [0.05, 0.1) is 12.0 Å². The molecule has 104 valence electrons. The highest BCUT2D eigenvalue weighted by Gasteiger charge is 2.10. The van der Waals surface area contributed by atoms with Gasteiger partial charge in [0.2, 0.25) is 0 Å². The number of ether oxygens (including phenoxy) is 1. The summed E-state index contributed by atoms with van der Waals surface area (Å²) in [5, 5.41) is 11.3. The number of rotatable bonds is 5. The Hall–Kier alpha value is -1.72. The number of thioether (sulfide) groups is 1. The van der Waals surface area contributed by atoms with Crippen molar-refractivity contribution < 1.29 is 9.66 Å². The predicted molar refractivity (Wildman–Crippen MR) is 80.7 cm³/mol. The highest BCUT2D eigenvalue weighted by molar-refractivity contribution is 7.98. The van der Waals surface area contributed by atoms with E-state index in [1.807, 2.05) is 24.3 Å². The summed E-state index contributed by atoms with van der Waals surface area (Å²) in [4.78, 5) is 11.4. The van der Waals surface area contributed by atoms with Gasteiger partial charge in [-0.05, 0) is 29.8 Å². The van der Waals surface area contributed by atoms with Gasteiger partial charge in [-0.3, -0.25) is 10.1 Å². The second-order valence-corrected chi connectivity index (χ2v) is 5.46. The first kappa shape index (κ1) is 14.7. The molecule has 0 aliphatic rings. The summed E-state index contributed by atoms with van der Waals surface area (Å²) in [6.07, 6.45) is 0. The van der Waals surface area contributed by atoms with E-state index in [-0.39, 0.29) is 5.69 Å². The first-order valence-corrected chi connectivity index (χ1v) is 7.16. The largest absolute Gasteiger partial charge is 0.497 e. The second-order valence-electron chi connectivity index (χ2n) is 4.00. The minimum absolute atomic E-state index is 0.0515. The molecule has 0 amide bonds. The second kappa shape index (κ2) is 6.63. The number of nitro groups is 1. The van der Waals surface area contributed by atoms with E-state index in [9.17, 15) is 10.1 Å². The Labute approximate surface area is 125 Å². The van der Waals surface area contributed by atoms with Gasteiger partial charge in [0.15, 0.2) is 0 Å². The van der Waals surface area contributed by atoms with Crippen LogP contribution in [0.3, 0.4) is 0 Å². The Morgan fingerprint density at radius 3 is 2.80 bits per heavy atom. The monoisotopic (exact) mass is 309 g/mol. The van der Waals surface area contributed by atoms with Crippen molar-refractivity contribution in [3.63, 3.8) is 0 Å². The Morgan fingerprint density at radius 2 is 2.10 bits per heavy atom. The van der Waals surface area contributed by atoms with Gasteiger partial charge in [-0.1, -0.05) is 17.7 Å². The van der Waals surface area contributed by atoms with Crippen molar-refractivity contribution in [3.05, 3.63) is 63.2 Å². The minimum Gasteiger partial charge on any atom is -0.497 e. The van der Waals surface area contributed by atoms with Crippen molar-refractivity contribution in [1.82, 2.24) is 0 Å². The minimum atomic E-state index is -0.421. The summed E-state index contributed by atoms with van der Waals surface area (Å²) < 4.78 is 5.15. The molecule has 6 heteroatoms. The summed E-state index contributed by atoms with van der Waals surface area (Å²) >= 11 is 7.62. The van der Waals surface area contributed by atoms with E-state index in [1.54, 1.807) is 24.9 Å². The first-order chi connectivity index (χ1) is 9.60. The maximum absolute atomic E-state index is 10.8. The summed E-state index contributed by atoms with van der Waals surface area (Å²) in [5.74, 6) is 1.34. The highest BCUT2D eigenvalue weighted by atomic mass is 35.5. The molecular formula is C14H12ClNO3S. The van der Waals surface area contributed by atoms with Crippen LogP contribution in [0, 0.1) is 10.1 Å². The third-order valence-corrected chi connectivity index (χ3v) is 4.09. The molecule has 0 aromatic heterocycles. The maximum Gasteiger partial charge on any atom is 0.269 e. The fourth-order valence-corrected chi connectivity index (χ4v) is 2.84. The fourth-order valence-electron chi connectivity index (χ4n) is 1.64. The number of non-ortho nitro benzene ring substituents is 1. The lowest BCUT2D eigenvalue weighted by atomic mass is 10.2. The van der Waals surface area contributed by atoms with Crippen LogP contribution in [-0.4, -0.2) is 12.0 Å². The molecule has 0 N–H and O–H groups in total. The van der Waals surface area contributed by atoms with E-state index in [2.05, 4.69) is 0 Å². The molecule has 0 fully saturated rings. The summed E-state index contributed by atoms with van der Waals surface area (Å²) in [7, 11) is 1.61. The molecule has 0 spiro atoms. The molecule has 2 rings (SSSR count). The van der Waals surface area contributed by atoms with Crippen molar-refractivity contribution in [2.75, 3.05) is 7.11 Å². The number of nitrogens with zero attached hydrogens (tertiary/aromatic N) is 1. The fraction of sp³-hybridized carbons (Fsp3) is 0.143. The maximum atomic E-state index is 10.8. The summed E-state index contributed by atoms with van der Waals surface area (Å²) in [6.45, 7) is 0. The quantitative estimate of drug-likeness (QED) is 0.462. The van der Waals surface area contributed by atoms with E-state index < -0.39 is 4.92 Å². The van der Waals surface area contributed by atoms with Crippen LogP contribution in [0.15, 0.2) is 47.4 Å². The molecule has 0 radical (unpaired) electrons. The Bertz CT molecular complexity index is 634. The van der Waals surface area contributed by atoms with Crippen LogP contribution >= 0.6 is 23.4 Å². The van der Waals surface area contributed by atoms with Crippen LogP contribution in [0.5, 0.6) is 5.75 Å². The van der Waals surface area contributed by atoms with E-state index in [4.69, 9.17) is 16.3 Å². The lowest BCUT2D eigenvalue weighted by molar-refractivity contribution is -0.384. The van der Waals surface area contributed by atoms with Crippen molar-refractivity contribution in [2.45, 2.75) is 10.6 Å². The molecule has 0 aliphatic heterocycles. The number of nitro benzene ring substituents is 1. The molecule has 0 atom stereocenters. The van der Waals surface area contributed by atoms with Crippen LogP contribution in [-0.2, 0) is 5.75 Å². The molecule has 0 saturated carbocycles. The molecular weight excluding hydrogens is 298 g/mol. The molecule has 4 nitrogen and oxygen atoms in total. The molecule has 2 aromatic carbocycles. The zero-order chi connectivity index (χ0) is 14.5. The van der Waals surface area contributed by atoms with Crippen LogP contribution in [0.2, 0.25) is 5.02 Å². The Balaban J connectivity index is 2.13. The SMILES string of the molecule is COc1cccc(SCc2cc([N+](=O)[O-])ccc2Cl)c1. The summed E-state index contributed by atoms with van der Waals surface area (Å²) in [5.41, 5.74) is 0.796. The smallest absolute Gasteiger partial charge is 0.269 e. The van der Waals surface area contributed by atoms with Gasteiger partial charge in [0.1, 0.15) is 5.75 Å². The molecule has 0 heterocycles. The third kappa shape index (κ3) is 3.65. The van der Waals surface area contributed by atoms with E-state index in [1.165, 1.54) is 12.1 Å². The molecule has 0 saturated heterocycles. The zero-order valence-corrected chi connectivity index (χ0v) is 12.3. The molecule has 20 heavy (non-hydrogen) atoms. The van der Waals surface area contributed by atoms with Gasteiger partial charge in [-0.25, -0.2) is 0 Å². The van der Waals surface area contributed by atoms with Gasteiger partial charge < -0.3 is 4.74 Å². The number of methoxy groups -OCH3 is 1. The highest BCUT2D eigenvalue weighted by Crippen LogP contribution is 2.30. The van der Waals surface area contributed by atoms with Gasteiger partial charge in [-0.2, -0.15) is 0 Å². The number of halogens is 1. The van der Waals surface area contributed by atoms with Gasteiger partial charge in [-0.15, -0.1) is 11.8 Å². The molecule has 0 aliphatic carbocycles. The number of hydrogen-bond acceptors (Lipinski definition) is 4. The van der Waals surface area contributed by atoms with Crippen LogP contribution in [0.4, 0.5) is 5.69 Å². The lowest BCUT2D eigenvalue weighted by Crippen LogP contribution is -1.91. The van der Waals surface area contributed by atoms with Crippen molar-refractivity contribution in [2.24, 2.45) is 0 Å². The average Bonchev–Trinajstić information content (AvgIpc) is 2.46. The van der Waals surface area contributed by atoms with Crippen molar-refractivity contribution >= 4 is 29.1 Å². The van der Waals surface area contributed by atoms with Crippen LogP contribution < -0.4 is 4.74 Å². The van der Waals surface area contributed by atoms with Crippen LogP contribution in [0.1, 0.15) is 5.56 Å². The van der Waals surface area contributed by atoms with Crippen molar-refractivity contribution in [3.8, 4) is 5.75 Å². The lowest BCUT2D eigenvalue weighted by Gasteiger charge is -2.06. The first-order valence-electron chi connectivity index (χ1n) is 5.80. The van der Waals surface area contributed by atoms with Crippen molar-refractivity contribution in [1.29, 1.82) is 0 Å². The Morgan fingerprint density at radius 1 is 1.30 bits per heavy atom. The number of benzene rings is 2. The molecule has 2 aromatic rings. The Kier molecular flexibility index (Phi) is 4.87. The zero-order valence-electron chi connectivity index (χ0n) is 10.7. The van der Waals surface area contributed by atoms with Gasteiger partial charge >= 0.3 is 0 Å². The molecule has 0 bridgehead atoms. The summed E-state index contributed by atoms with van der Waals surface area (Å²) in [6, 6.07) is 12.1. The standard InChI is InChI=1S/C14H12ClNO3S/c1-19-12-3-2-4-13(8-12)20-9-10-7-11(16(17)18)5-6-14(10)15/h2-8H,9H2,1H3. The normalized spacial score (nSPS) is 10.3. The van der Waals surface area contributed by atoms with Gasteiger partial charge in [0.25, 0.3) is 5.69 Å². The van der Waals surface area contributed by atoms with E-state index in [0.717, 1.165) is 16.2 Å². The topological polar surface area (TPSA) is 52.4 Å². The average molecular weight is 310 g/mol. The van der Waals surface area contributed by atoms with E-state index >= 15 is 0 Å². The third-order valence-electron chi connectivity index (χ3n) is 2.68. The number of hydrogen-bond donors (Lipinski definition) is 0. The molecule has 0 unspecified atom stereocenters. The van der Waals surface area contributed by atoms with E-state index in [0.29, 0.717) is 10.8 Å². The van der Waals surface area contributed by atoms with Gasteiger partial charge in [0, 0.05) is 27.8 Å². The van der Waals surface area contributed by atoms with Crippen LogP contribution in [0.25, 0.3) is 0 Å².